The Kier molecular flexibility index (Phi) is 6.06. The third kappa shape index (κ3) is 3.91. The number of benzene rings is 1. The lowest BCUT2D eigenvalue weighted by molar-refractivity contribution is 0.197. The Hall–Kier alpha value is -0.850. The Labute approximate surface area is 146 Å². The summed E-state index contributed by atoms with van der Waals surface area (Å²) >= 11 is 12.2. The van der Waals surface area contributed by atoms with Crippen molar-refractivity contribution in [1.29, 1.82) is 0 Å². The molecule has 1 aromatic heterocycles. The first-order valence-electron chi connectivity index (χ1n) is 6.95. The van der Waals surface area contributed by atoms with Gasteiger partial charge in [0.1, 0.15) is 0 Å². The first-order valence-corrected chi connectivity index (χ1v) is 7.70. The fourth-order valence-corrected chi connectivity index (χ4v) is 2.92. The van der Waals surface area contributed by atoms with Crippen LogP contribution in [-0.2, 0) is 6.54 Å². The van der Waals surface area contributed by atoms with Gasteiger partial charge in [0.2, 0.25) is 0 Å². The van der Waals surface area contributed by atoms with E-state index >= 15 is 0 Å². The number of nitrogens with one attached hydrogen (secondary N) is 1. The third-order valence-electron chi connectivity index (χ3n) is 3.56. The van der Waals surface area contributed by atoms with E-state index in [1.54, 1.807) is 10.7 Å². The Morgan fingerprint density at radius 1 is 1.36 bits per heavy atom. The van der Waals surface area contributed by atoms with Gasteiger partial charge in [-0.05, 0) is 19.1 Å². The summed E-state index contributed by atoms with van der Waals surface area (Å²) in [6.07, 6.45) is 1.91. The minimum absolute atomic E-state index is 0. The molecule has 0 aliphatic carbocycles. The van der Waals surface area contributed by atoms with Gasteiger partial charge in [-0.2, -0.15) is 0 Å². The van der Waals surface area contributed by atoms with Gasteiger partial charge < -0.3 is 5.32 Å². The van der Waals surface area contributed by atoms with E-state index in [0.717, 1.165) is 37.6 Å². The number of hydrogen-bond acceptors (Lipinski definition) is 4. The van der Waals surface area contributed by atoms with Gasteiger partial charge in [-0.3, -0.25) is 4.90 Å². The average Bonchev–Trinajstić information content (AvgIpc) is 2.90. The SMILES string of the molecule is CC1CN(Cc2cn(-c3cccc(Cl)c3Cl)nn2)CCN1.Cl. The highest BCUT2D eigenvalue weighted by Crippen LogP contribution is 2.27. The van der Waals surface area contributed by atoms with Crippen LogP contribution in [0.3, 0.4) is 0 Å². The standard InChI is InChI=1S/C14H17Cl2N5.ClH/c1-10-7-20(6-5-17-10)8-11-9-21(19-18-11)13-4-2-3-12(15)14(13)16;/h2-4,9-10,17H,5-8H2,1H3;1H. The summed E-state index contributed by atoms with van der Waals surface area (Å²) in [6, 6.07) is 5.99. The first-order chi connectivity index (χ1) is 10.1. The Morgan fingerprint density at radius 3 is 2.95 bits per heavy atom. The zero-order valence-electron chi connectivity index (χ0n) is 12.2. The van der Waals surface area contributed by atoms with Crippen LogP contribution in [0.2, 0.25) is 10.0 Å². The summed E-state index contributed by atoms with van der Waals surface area (Å²) in [5.41, 5.74) is 1.68. The minimum atomic E-state index is 0. The molecule has 0 radical (unpaired) electrons. The van der Waals surface area contributed by atoms with E-state index in [9.17, 15) is 0 Å². The highest BCUT2D eigenvalue weighted by atomic mass is 35.5. The fourth-order valence-electron chi connectivity index (χ4n) is 2.54. The molecule has 1 aliphatic heterocycles. The second-order valence-corrected chi connectivity index (χ2v) is 6.10. The molecule has 0 saturated carbocycles. The van der Waals surface area contributed by atoms with Crippen molar-refractivity contribution in [2.45, 2.75) is 19.5 Å². The Balaban J connectivity index is 0.00000176. The van der Waals surface area contributed by atoms with Gasteiger partial charge in [0, 0.05) is 32.2 Å². The maximum atomic E-state index is 6.21. The molecule has 1 aromatic carbocycles. The second kappa shape index (κ2) is 7.62. The van der Waals surface area contributed by atoms with Crippen molar-refractivity contribution < 1.29 is 0 Å². The molecule has 1 aliphatic rings. The lowest BCUT2D eigenvalue weighted by Gasteiger charge is -2.30. The van der Waals surface area contributed by atoms with E-state index in [2.05, 4.69) is 27.5 Å². The number of halogens is 3. The molecule has 1 unspecified atom stereocenters. The van der Waals surface area contributed by atoms with E-state index in [1.807, 2.05) is 18.3 Å². The third-order valence-corrected chi connectivity index (χ3v) is 4.37. The van der Waals surface area contributed by atoms with Crippen LogP contribution in [-0.4, -0.2) is 45.6 Å². The molecule has 5 nitrogen and oxygen atoms in total. The molecular formula is C14H18Cl3N5. The van der Waals surface area contributed by atoms with Crippen LogP contribution in [0.15, 0.2) is 24.4 Å². The molecule has 2 aromatic rings. The molecule has 0 bridgehead atoms. The number of nitrogens with zero attached hydrogens (tertiary/aromatic N) is 4. The zero-order valence-corrected chi connectivity index (χ0v) is 14.5. The quantitative estimate of drug-likeness (QED) is 0.912. The predicted octanol–water partition coefficient (Wildman–Crippen LogP) is 2.79. The van der Waals surface area contributed by atoms with Crippen molar-refractivity contribution in [3.63, 3.8) is 0 Å². The maximum Gasteiger partial charge on any atom is 0.0971 e. The van der Waals surface area contributed by atoms with E-state index in [4.69, 9.17) is 23.2 Å². The van der Waals surface area contributed by atoms with Crippen LogP contribution in [0, 0.1) is 0 Å². The molecule has 1 fully saturated rings. The van der Waals surface area contributed by atoms with Gasteiger partial charge in [-0.1, -0.05) is 34.5 Å². The highest BCUT2D eigenvalue weighted by molar-refractivity contribution is 6.43. The first kappa shape index (κ1) is 17.5. The molecule has 0 spiro atoms. The normalized spacial score (nSPS) is 19.0. The van der Waals surface area contributed by atoms with Crippen LogP contribution in [0.5, 0.6) is 0 Å². The van der Waals surface area contributed by atoms with Gasteiger partial charge in [-0.15, -0.1) is 17.5 Å². The zero-order chi connectivity index (χ0) is 14.8. The molecule has 22 heavy (non-hydrogen) atoms. The molecule has 1 saturated heterocycles. The fraction of sp³-hybridized carbons (Fsp3) is 0.429. The van der Waals surface area contributed by atoms with Crippen molar-refractivity contribution in [3.8, 4) is 5.69 Å². The van der Waals surface area contributed by atoms with Crippen LogP contribution >= 0.6 is 35.6 Å². The van der Waals surface area contributed by atoms with Crippen molar-refractivity contribution in [2.24, 2.45) is 0 Å². The molecule has 3 rings (SSSR count). The van der Waals surface area contributed by atoms with Crippen molar-refractivity contribution in [1.82, 2.24) is 25.2 Å². The molecule has 120 valence electrons. The van der Waals surface area contributed by atoms with E-state index in [1.165, 1.54) is 0 Å². The second-order valence-electron chi connectivity index (χ2n) is 5.32. The average molecular weight is 363 g/mol. The van der Waals surface area contributed by atoms with Crippen molar-refractivity contribution in [3.05, 3.63) is 40.1 Å². The van der Waals surface area contributed by atoms with Crippen molar-refractivity contribution in [2.75, 3.05) is 19.6 Å². The maximum absolute atomic E-state index is 6.21. The van der Waals surface area contributed by atoms with Gasteiger partial charge in [-0.25, -0.2) is 4.68 Å². The smallest absolute Gasteiger partial charge is 0.0971 e. The van der Waals surface area contributed by atoms with Gasteiger partial charge >= 0.3 is 0 Å². The van der Waals surface area contributed by atoms with Gasteiger partial charge in [0.25, 0.3) is 0 Å². The monoisotopic (exact) mass is 361 g/mol. The highest BCUT2D eigenvalue weighted by Gasteiger charge is 2.17. The molecular weight excluding hydrogens is 345 g/mol. The molecule has 0 amide bonds. The van der Waals surface area contributed by atoms with Crippen LogP contribution in [0.25, 0.3) is 5.69 Å². The summed E-state index contributed by atoms with van der Waals surface area (Å²) < 4.78 is 1.68. The summed E-state index contributed by atoms with van der Waals surface area (Å²) in [6.45, 7) is 6.04. The Morgan fingerprint density at radius 2 is 2.18 bits per heavy atom. The summed E-state index contributed by atoms with van der Waals surface area (Å²) in [5.74, 6) is 0. The van der Waals surface area contributed by atoms with Crippen LogP contribution in [0.4, 0.5) is 0 Å². The summed E-state index contributed by atoms with van der Waals surface area (Å²) in [4.78, 5) is 2.37. The topological polar surface area (TPSA) is 46.0 Å². The van der Waals surface area contributed by atoms with Crippen LogP contribution < -0.4 is 5.32 Å². The molecule has 8 heteroatoms. The minimum Gasteiger partial charge on any atom is -0.312 e. The Bertz CT molecular complexity index is 631. The number of piperazine rings is 1. The summed E-state index contributed by atoms with van der Waals surface area (Å²) in [7, 11) is 0. The molecule has 1 N–H and O–H groups in total. The van der Waals surface area contributed by atoms with E-state index in [-0.39, 0.29) is 12.4 Å². The predicted molar refractivity (Wildman–Crippen MR) is 91.4 cm³/mol. The number of aromatic nitrogens is 3. The van der Waals surface area contributed by atoms with E-state index in [0.29, 0.717) is 16.1 Å². The summed E-state index contributed by atoms with van der Waals surface area (Å²) in [5, 5.41) is 12.8. The largest absolute Gasteiger partial charge is 0.312 e. The van der Waals surface area contributed by atoms with Gasteiger partial charge in [0.05, 0.1) is 27.6 Å². The van der Waals surface area contributed by atoms with Crippen LogP contribution in [0.1, 0.15) is 12.6 Å². The molecule has 1 atom stereocenters. The number of hydrogen-bond donors (Lipinski definition) is 1. The lowest BCUT2D eigenvalue weighted by atomic mass is 10.2. The van der Waals surface area contributed by atoms with Crippen molar-refractivity contribution >= 4 is 35.6 Å². The molecule has 2 heterocycles. The lowest BCUT2D eigenvalue weighted by Crippen LogP contribution is -2.48. The van der Waals surface area contributed by atoms with E-state index < -0.39 is 0 Å². The van der Waals surface area contributed by atoms with Gasteiger partial charge in [0.15, 0.2) is 0 Å². The number of rotatable bonds is 3.